The number of methoxy groups -OCH3 is 1. The first-order chi connectivity index (χ1) is 15.0. The molecule has 1 aliphatic heterocycles. The lowest BCUT2D eigenvalue weighted by atomic mass is 9.87. The number of allylic oxidation sites excluding steroid dienone is 3. The van der Waals surface area contributed by atoms with Crippen molar-refractivity contribution in [3.63, 3.8) is 0 Å². The highest BCUT2D eigenvalue weighted by atomic mass is 35.5. The van der Waals surface area contributed by atoms with Crippen molar-refractivity contribution in [2.45, 2.75) is 44.3 Å². The van der Waals surface area contributed by atoms with Gasteiger partial charge in [0.25, 0.3) is 0 Å². The van der Waals surface area contributed by atoms with Gasteiger partial charge in [0.2, 0.25) is 0 Å². The number of nitrogens with zero attached hydrogens (tertiary/aromatic N) is 1. The van der Waals surface area contributed by atoms with E-state index in [-0.39, 0.29) is 0 Å². The minimum Gasteiger partial charge on any atom is -0.497 e. The summed E-state index contributed by atoms with van der Waals surface area (Å²) in [5.74, 6) is 0.880. The zero-order valence-corrected chi connectivity index (χ0v) is 19.9. The number of benzene rings is 2. The van der Waals surface area contributed by atoms with E-state index in [1.54, 1.807) is 7.11 Å². The molecule has 2 aromatic rings. The van der Waals surface area contributed by atoms with Crippen molar-refractivity contribution in [3.05, 3.63) is 80.8 Å². The molecule has 2 atom stereocenters. The molecule has 1 heterocycles. The molecule has 0 aromatic heterocycles. The number of hydrogen-bond donors (Lipinski definition) is 1. The lowest BCUT2D eigenvalue weighted by Crippen LogP contribution is -2.49. The fourth-order valence-electron chi connectivity index (χ4n) is 4.40. The van der Waals surface area contributed by atoms with E-state index >= 15 is 0 Å². The molecule has 2 aromatic carbocycles. The molecule has 4 rings (SSSR count). The van der Waals surface area contributed by atoms with Gasteiger partial charge in [-0.1, -0.05) is 46.9 Å². The van der Waals surface area contributed by atoms with Gasteiger partial charge in [0, 0.05) is 29.9 Å². The first-order valence-corrected chi connectivity index (χ1v) is 11.8. The molecule has 0 amide bonds. The predicted molar refractivity (Wildman–Crippen MR) is 132 cm³/mol. The Bertz CT molecular complexity index is 971. The Balaban J connectivity index is 1.50. The van der Waals surface area contributed by atoms with E-state index in [0.29, 0.717) is 22.1 Å². The topological polar surface area (TPSA) is 24.5 Å². The number of ether oxygens (including phenoxy) is 1. The Morgan fingerprint density at radius 2 is 1.81 bits per heavy atom. The van der Waals surface area contributed by atoms with Crippen molar-refractivity contribution in [2.24, 2.45) is 0 Å². The molecule has 3 nitrogen and oxygen atoms in total. The van der Waals surface area contributed by atoms with Crippen molar-refractivity contribution in [2.75, 3.05) is 18.6 Å². The van der Waals surface area contributed by atoms with Gasteiger partial charge in [0.15, 0.2) is 0 Å². The zero-order valence-electron chi connectivity index (χ0n) is 17.6. The Labute approximate surface area is 199 Å². The van der Waals surface area contributed by atoms with Crippen LogP contribution in [0.4, 0.5) is 5.69 Å². The van der Waals surface area contributed by atoms with Crippen LogP contribution < -0.4 is 15.0 Å². The zero-order chi connectivity index (χ0) is 21.8. The summed E-state index contributed by atoms with van der Waals surface area (Å²) >= 11 is 18.5. The van der Waals surface area contributed by atoms with Gasteiger partial charge in [0.05, 0.1) is 23.2 Å². The summed E-state index contributed by atoms with van der Waals surface area (Å²) in [7, 11) is 1.70. The molecule has 0 spiro atoms. The van der Waals surface area contributed by atoms with Crippen molar-refractivity contribution in [3.8, 4) is 5.75 Å². The molecule has 2 aliphatic rings. The maximum atomic E-state index is 6.23. The summed E-state index contributed by atoms with van der Waals surface area (Å²) in [6.07, 6.45) is 8.32. The molecule has 0 radical (unpaired) electrons. The van der Waals surface area contributed by atoms with E-state index in [0.717, 1.165) is 55.1 Å². The third kappa shape index (κ3) is 5.59. The lowest BCUT2D eigenvalue weighted by molar-refractivity contribution is 0.371. The SMILES string of the molecule is COc1ccc(N2CCC(NCc3ccc(Cl)c(Cl)c3)CC2C2=CC=C(Cl)CC2)cc1. The molecule has 164 valence electrons. The normalized spacial score (nSPS) is 21.5. The molecule has 1 fully saturated rings. The van der Waals surface area contributed by atoms with E-state index in [4.69, 9.17) is 39.5 Å². The second-order valence-electron chi connectivity index (χ2n) is 8.11. The Kier molecular flexibility index (Phi) is 7.50. The van der Waals surface area contributed by atoms with Crippen LogP contribution in [0.5, 0.6) is 5.75 Å². The standard InChI is InChI=1S/C25H27Cl3N2O/c1-31-22-9-7-21(8-10-22)30-13-12-20(15-25(30)18-3-5-19(26)6-4-18)29-16-17-2-11-23(27)24(28)14-17/h2-3,5,7-11,14,20,25,29H,4,6,12-13,15-16H2,1H3. The predicted octanol–water partition coefficient (Wildman–Crippen LogP) is 6.97. The van der Waals surface area contributed by atoms with E-state index in [2.05, 4.69) is 34.5 Å². The smallest absolute Gasteiger partial charge is 0.119 e. The van der Waals surface area contributed by atoms with Gasteiger partial charge in [0.1, 0.15) is 5.75 Å². The summed E-state index contributed by atoms with van der Waals surface area (Å²) in [4.78, 5) is 2.52. The Morgan fingerprint density at radius 3 is 2.48 bits per heavy atom. The molecule has 6 heteroatoms. The average Bonchev–Trinajstić information content (AvgIpc) is 2.80. The molecule has 0 bridgehead atoms. The Hall–Kier alpha value is -1.65. The summed E-state index contributed by atoms with van der Waals surface area (Å²) in [5, 5.41) is 5.86. The van der Waals surface area contributed by atoms with Crippen molar-refractivity contribution in [1.29, 1.82) is 0 Å². The minimum absolute atomic E-state index is 0.342. The number of rotatable bonds is 6. The maximum Gasteiger partial charge on any atom is 0.119 e. The second-order valence-corrected chi connectivity index (χ2v) is 9.41. The molecule has 31 heavy (non-hydrogen) atoms. The van der Waals surface area contributed by atoms with Gasteiger partial charge in [-0.05, 0) is 79.3 Å². The first-order valence-electron chi connectivity index (χ1n) is 10.7. The van der Waals surface area contributed by atoms with Gasteiger partial charge < -0.3 is 15.0 Å². The van der Waals surface area contributed by atoms with Gasteiger partial charge in [-0.25, -0.2) is 0 Å². The van der Waals surface area contributed by atoms with Crippen LogP contribution in [0.1, 0.15) is 31.2 Å². The molecule has 0 saturated carbocycles. The van der Waals surface area contributed by atoms with Crippen LogP contribution >= 0.6 is 34.8 Å². The highest BCUT2D eigenvalue weighted by Crippen LogP contribution is 2.34. The highest BCUT2D eigenvalue weighted by Gasteiger charge is 2.31. The van der Waals surface area contributed by atoms with Crippen LogP contribution in [0.2, 0.25) is 10.0 Å². The monoisotopic (exact) mass is 476 g/mol. The summed E-state index contributed by atoms with van der Waals surface area (Å²) in [6, 6.07) is 15.0. The quantitative estimate of drug-likeness (QED) is 0.486. The van der Waals surface area contributed by atoms with Gasteiger partial charge >= 0.3 is 0 Å². The van der Waals surface area contributed by atoms with Crippen molar-refractivity contribution < 1.29 is 4.74 Å². The van der Waals surface area contributed by atoms with E-state index in [9.17, 15) is 0 Å². The van der Waals surface area contributed by atoms with E-state index in [1.165, 1.54) is 11.3 Å². The first kappa shape index (κ1) is 22.5. The van der Waals surface area contributed by atoms with Crippen molar-refractivity contribution in [1.82, 2.24) is 5.32 Å². The number of hydrogen-bond acceptors (Lipinski definition) is 3. The van der Waals surface area contributed by atoms with E-state index < -0.39 is 0 Å². The maximum absolute atomic E-state index is 6.23. The van der Waals surface area contributed by atoms with Crippen LogP contribution in [0.25, 0.3) is 0 Å². The van der Waals surface area contributed by atoms with Gasteiger partial charge in [-0.3, -0.25) is 0 Å². The van der Waals surface area contributed by atoms with Crippen LogP contribution in [0.15, 0.2) is 65.2 Å². The van der Waals surface area contributed by atoms with Gasteiger partial charge in [-0.2, -0.15) is 0 Å². The van der Waals surface area contributed by atoms with Crippen LogP contribution in [-0.4, -0.2) is 25.7 Å². The summed E-state index contributed by atoms with van der Waals surface area (Å²) < 4.78 is 5.34. The fourth-order valence-corrected chi connectivity index (χ4v) is 4.88. The van der Waals surface area contributed by atoms with Gasteiger partial charge in [-0.15, -0.1) is 0 Å². The van der Waals surface area contributed by atoms with Crippen LogP contribution in [0.3, 0.4) is 0 Å². The number of piperidine rings is 1. The number of nitrogens with one attached hydrogen (secondary N) is 1. The summed E-state index contributed by atoms with van der Waals surface area (Å²) in [5.41, 5.74) is 3.83. The number of halogens is 3. The molecular weight excluding hydrogens is 451 g/mol. The highest BCUT2D eigenvalue weighted by molar-refractivity contribution is 6.42. The van der Waals surface area contributed by atoms with Crippen LogP contribution in [0, 0.1) is 0 Å². The van der Waals surface area contributed by atoms with Crippen molar-refractivity contribution >= 4 is 40.5 Å². The van der Waals surface area contributed by atoms with Crippen LogP contribution in [-0.2, 0) is 6.54 Å². The Morgan fingerprint density at radius 1 is 1.00 bits per heavy atom. The average molecular weight is 478 g/mol. The van der Waals surface area contributed by atoms with E-state index in [1.807, 2.05) is 30.3 Å². The second kappa shape index (κ2) is 10.3. The molecule has 2 unspecified atom stereocenters. The third-order valence-corrected chi connectivity index (χ3v) is 7.20. The number of anilines is 1. The lowest BCUT2D eigenvalue weighted by Gasteiger charge is -2.43. The fraction of sp³-hybridized carbons (Fsp3) is 0.360. The largest absolute Gasteiger partial charge is 0.497 e. The molecule has 1 N–H and O–H groups in total. The molecule has 1 aliphatic carbocycles. The molecular formula is C25H27Cl3N2O. The third-order valence-electron chi connectivity index (χ3n) is 6.14. The summed E-state index contributed by atoms with van der Waals surface area (Å²) in [6.45, 7) is 1.77. The minimum atomic E-state index is 0.342. The molecule has 1 saturated heterocycles.